The van der Waals surface area contributed by atoms with Gasteiger partial charge in [-0.2, -0.15) is 0 Å². The Morgan fingerprint density at radius 2 is 1.42 bits per heavy atom. The Bertz CT molecular complexity index is 459. The van der Waals surface area contributed by atoms with E-state index in [9.17, 15) is 19.4 Å². The maximum atomic E-state index is 12.6. The molecule has 7 heteroatoms. The van der Waals surface area contributed by atoms with Crippen molar-refractivity contribution in [3.63, 3.8) is 0 Å². The quantitative estimate of drug-likeness (QED) is 0.683. The number of rotatable bonds is 2. The van der Waals surface area contributed by atoms with E-state index in [1.807, 2.05) is 7.05 Å². The van der Waals surface area contributed by atoms with Crippen molar-refractivity contribution in [2.45, 2.75) is 23.7 Å². The average Bonchev–Trinajstić information content (AvgIpc) is 2.27. The summed E-state index contributed by atoms with van der Waals surface area (Å²) in [5.74, 6) is 0.156. The van der Waals surface area contributed by atoms with Crippen LogP contribution in [0.2, 0.25) is 0 Å². The lowest BCUT2D eigenvalue weighted by atomic mass is 9.90. The summed E-state index contributed by atoms with van der Waals surface area (Å²) >= 11 is 0. The molecule has 0 aromatic heterocycles. The topological polar surface area (TPSA) is 3.24 Å². The normalized spacial score (nSPS) is 22.8. The predicted molar refractivity (Wildman–Crippen MR) is 67.3 cm³/mol. The van der Waals surface area contributed by atoms with E-state index in [0.29, 0.717) is 17.7 Å². The Morgan fingerprint density at radius 3 is 1.84 bits per heavy atom. The van der Waals surface area contributed by atoms with Crippen molar-refractivity contribution in [1.82, 2.24) is 4.90 Å². The van der Waals surface area contributed by atoms with Crippen LogP contribution in [0.25, 0.3) is 0 Å². The molecule has 1 heterocycles. The van der Waals surface area contributed by atoms with Gasteiger partial charge in [-0.1, -0.05) is 31.6 Å². The van der Waals surface area contributed by atoms with Crippen molar-refractivity contribution >= 4 is 10.2 Å². The van der Waals surface area contributed by atoms with Gasteiger partial charge in [0.1, 0.15) is 4.90 Å². The highest BCUT2D eigenvalue weighted by molar-refractivity contribution is 8.45. The van der Waals surface area contributed by atoms with Crippen molar-refractivity contribution in [3.05, 3.63) is 29.8 Å². The Labute approximate surface area is 109 Å². The highest BCUT2D eigenvalue weighted by Gasteiger charge is 2.65. The summed E-state index contributed by atoms with van der Waals surface area (Å²) in [6.45, 7) is 1.74. The fourth-order valence-corrected chi connectivity index (χ4v) is 2.99. The van der Waals surface area contributed by atoms with Crippen LogP contribution in [0.15, 0.2) is 29.2 Å². The van der Waals surface area contributed by atoms with E-state index in [1.165, 1.54) is 12.1 Å². The van der Waals surface area contributed by atoms with Crippen molar-refractivity contribution in [1.29, 1.82) is 0 Å². The molecule has 0 bridgehead atoms. The van der Waals surface area contributed by atoms with Crippen molar-refractivity contribution in [2.24, 2.45) is 0 Å². The van der Waals surface area contributed by atoms with Crippen LogP contribution in [0.1, 0.15) is 24.3 Å². The maximum absolute atomic E-state index is 12.6. The minimum absolute atomic E-state index is 0.156. The molecule has 110 valence electrons. The van der Waals surface area contributed by atoms with Gasteiger partial charge in [-0.05, 0) is 56.6 Å². The summed E-state index contributed by atoms with van der Waals surface area (Å²) in [5, 5.41) is 0. The molecule has 0 radical (unpaired) electrons. The zero-order valence-electron chi connectivity index (χ0n) is 10.5. The summed E-state index contributed by atoms with van der Waals surface area (Å²) in [6, 6.07) is 3.39. The van der Waals surface area contributed by atoms with Crippen LogP contribution in [0.3, 0.4) is 0 Å². The summed E-state index contributed by atoms with van der Waals surface area (Å²) < 4.78 is 62.8. The largest absolute Gasteiger partial charge is 0.310 e. The lowest BCUT2D eigenvalue weighted by molar-refractivity contribution is 0.255. The molecule has 0 saturated carbocycles. The van der Waals surface area contributed by atoms with Gasteiger partial charge in [-0.3, -0.25) is 0 Å². The number of piperidine rings is 1. The third-order valence-electron chi connectivity index (χ3n) is 3.52. The van der Waals surface area contributed by atoms with Crippen molar-refractivity contribution < 1.29 is 19.4 Å². The van der Waals surface area contributed by atoms with Gasteiger partial charge >= 0.3 is 10.2 Å². The van der Waals surface area contributed by atoms with Gasteiger partial charge < -0.3 is 4.90 Å². The third-order valence-corrected chi connectivity index (χ3v) is 4.68. The maximum Gasteiger partial charge on any atom is 0.310 e. The molecule has 0 amide bonds. The summed E-state index contributed by atoms with van der Waals surface area (Å²) in [4.78, 5) is 0.330. The van der Waals surface area contributed by atoms with Gasteiger partial charge in [0.2, 0.25) is 0 Å². The second kappa shape index (κ2) is 3.85. The zero-order valence-corrected chi connectivity index (χ0v) is 11.3. The van der Waals surface area contributed by atoms with Crippen molar-refractivity contribution in [3.8, 4) is 0 Å². The molecule has 1 saturated heterocycles. The molecule has 1 aromatic carbocycles. The van der Waals surface area contributed by atoms with Gasteiger partial charge in [0, 0.05) is 0 Å². The van der Waals surface area contributed by atoms with Gasteiger partial charge in [0.05, 0.1) is 0 Å². The van der Waals surface area contributed by atoms with E-state index in [4.69, 9.17) is 0 Å². The van der Waals surface area contributed by atoms with Gasteiger partial charge in [0.25, 0.3) is 0 Å². The first kappa shape index (κ1) is 14.6. The zero-order chi connectivity index (χ0) is 14.4. The highest BCUT2D eigenvalue weighted by Crippen LogP contribution is 3.02. The fraction of sp³-hybridized carbons (Fsp3) is 0.500. The van der Waals surface area contributed by atoms with Gasteiger partial charge in [0.15, 0.2) is 0 Å². The lowest BCUT2D eigenvalue weighted by Gasteiger charge is -2.40. The van der Waals surface area contributed by atoms with Crippen LogP contribution in [0, 0.1) is 0 Å². The highest BCUT2D eigenvalue weighted by atomic mass is 32.5. The molecule has 1 fully saturated rings. The minimum atomic E-state index is -9.53. The second-order valence-corrected chi connectivity index (χ2v) is 7.52. The summed E-state index contributed by atoms with van der Waals surface area (Å²) in [5.41, 5.74) is 0.707. The second-order valence-electron chi connectivity index (χ2n) is 5.12. The Balaban J connectivity index is 2.21. The molecule has 0 spiro atoms. The number of halogens is 5. The molecule has 1 aliphatic rings. The smallest absolute Gasteiger partial charge is 0.306 e. The van der Waals surface area contributed by atoms with Crippen LogP contribution in [-0.2, 0) is 0 Å². The third kappa shape index (κ3) is 3.60. The number of benzene rings is 1. The number of nitrogens with zero attached hydrogens (tertiary/aromatic N) is 1. The standard InChI is InChI=1S/C12H16F5NS/c1-18-8-6-11(7-9-18)10-2-4-12(5-3-10)19(13,14,15,16)17/h2-5,11H,6-9H2,1H3. The molecule has 1 aromatic rings. The minimum Gasteiger partial charge on any atom is -0.306 e. The Morgan fingerprint density at radius 1 is 0.947 bits per heavy atom. The molecular formula is C12H16F5NS. The molecule has 0 atom stereocenters. The van der Waals surface area contributed by atoms with E-state index in [-0.39, 0.29) is 5.92 Å². The summed E-state index contributed by atoms with van der Waals surface area (Å²) in [6.07, 6.45) is 1.68. The molecule has 0 N–H and O–H groups in total. The average molecular weight is 301 g/mol. The number of hydrogen-bond acceptors (Lipinski definition) is 1. The number of likely N-dealkylation sites (tertiary alicyclic amines) is 1. The SMILES string of the molecule is CN1CCC(c2ccc(S(F)(F)(F)(F)F)cc2)CC1. The lowest BCUT2D eigenvalue weighted by Crippen LogP contribution is -2.29. The fourth-order valence-electron chi connectivity index (χ4n) is 2.34. The summed E-state index contributed by atoms with van der Waals surface area (Å²) in [7, 11) is -7.55. The van der Waals surface area contributed by atoms with E-state index >= 15 is 0 Å². The molecular weight excluding hydrogens is 285 g/mol. The molecule has 19 heavy (non-hydrogen) atoms. The van der Waals surface area contributed by atoms with Crippen molar-refractivity contribution in [2.75, 3.05) is 20.1 Å². The molecule has 0 unspecified atom stereocenters. The number of hydrogen-bond donors (Lipinski definition) is 0. The first-order valence-electron chi connectivity index (χ1n) is 5.98. The van der Waals surface area contributed by atoms with Crippen LogP contribution in [0.5, 0.6) is 0 Å². The molecule has 1 nitrogen and oxygen atoms in total. The van der Waals surface area contributed by atoms with Gasteiger partial charge in [-0.25, -0.2) is 0 Å². The van der Waals surface area contributed by atoms with E-state index in [0.717, 1.165) is 25.9 Å². The van der Waals surface area contributed by atoms with Crippen LogP contribution in [0.4, 0.5) is 19.4 Å². The van der Waals surface area contributed by atoms with Gasteiger partial charge in [-0.15, -0.1) is 0 Å². The first-order chi connectivity index (χ1) is 8.45. The first-order valence-corrected chi connectivity index (χ1v) is 7.93. The van der Waals surface area contributed by atoms with Crippen LogP contribution in [-0.4, -0.2) is 25.0 Å². The van der Waals surface area contributed by atoms with Crippen LogP contribution < -0.4 is 0 Å². The monoisotopic (exact) mass is 301 g/mol. The molecule has 0 aliphatic carbocycles. The Kier molecular flexibility index (Phi) is 2.96. The van der Waals surface area contributed by atoms with E-state index < -0.39 is 15.1 Å². The molecule has 2 rings (SSSR count). The van der Waals surface area contributed by atoms with E-state index in [1.54, 1.807) is 0 Å². The molecule has 1 aliphatic heterocycles. The van der Waals surface area contributed by atoms with Crippen LogP contribution >= 0.6 is 10.2 Å². The van der Waals surface area contributed by atoms with E-state index in [2.05, 4.69) is 4.90 Å². The predicted octanol–water partition coefficient (Wildman–Crippen LogP) is 5.15. The Hall–Kier alpha value is -0.820.